The third kappa shape index (κ3) is 2.93. The smallest absolute Gasteiger partial charge is 0.214 e. The minimum Gasteiger partial charge on any atom is -0.305 e. The summed E-state index contributed by atoms with van der Waals surface area (Å²) in [7, 11) is 0. The van der Waals surface area contributed by atoms with Gasteiger partial charge in [0.05, 0.1) is 6.54 Å². The Morgan fingerprint density at radius 3 is 2.11 bits per heavy atom. The Hall–Kier alpha value is -2.30. The van der Waals surface area contributed by atoms with Crippen molar-refractivity contribution < 1.29 is 18.0 Å². The summed E-state index contributed by atoms with van der Waals surface area (Å²) in [6.45, 7) is 0.00378. The molecule has 0 radical (unpaired) electrons. The Morgan fingerprint density at radius 2 is 1.58 bits per heavy atom. The first-order valence-corrected chi connectivity index (χ1v) is 5.52. The van der Waals surface area contributed by atoms with E-state index in [0.717, 1.165) is 4.90 Å². The molecular weight excluding hydrogens is 255 g/mol. The molecule has 0 bridgehead atoms. The Kier molecular flexibility index (Phi) is 3.85. The van der Waals surface area contributed by atoms with E-state index in [1.54, 1.807) is 30.3 Å². The molecule has 0 unspecified atom stereocenters. The first-order chi connectivity index (χ1) is 9.11. The van der Waals surface area contributed by atoms with Gasteiger partial charge in [-0.05, 0) is 5.56 Å². The van der Waals surface area contributed by atoms with Crippen LogP contribution in [0, 0.1) is 17.5 Å². The predicted molar refractivity (Wildman–Crippen MR) is 65.0 cm³/mol. The lowest BCUT2D eigenvalue weighted by Crippen LogP contribution is -2.23. The predicted octanol–water partition coefficient (Wildman–Crippen LogP) is 3.27. The van der Waals surface area contributed by atoms with Gasteiger partial charge in [0.15, 0.2) is 11.6 Å². The van der Waals surface area contributed by atoms with Crippen LogP contribution in [0.1, 0.15) is 5.56 Å². The van der Waals surface area contributed by atoms with E-state index in [-0.39, 0.29) is 6.54 Å². The van der Waals surface area contributed by atoms with Crippen LogP contribution in [0.5, 0.6) is 0 Å². The highest BCUT2D eigenvalue weighted by atomic mass is 19.1. The number of carbonyl (C=O) groups is 1. The maximum Gasteiger partial charge on any atom is 0.214 e. The second-order valence-corrected chi connectivity index (χ2v) is 3.94. The largest absolute Gasteiger partial charge is 0.305 e. The van der Waals surface area contributed by atoms with Crippen molar-refractivity contribution in [2.24, 2.45) is 0 Å². The summed E-state index contributed by atoms with van der Waals surface area (Å²) < 4.78 is 40.0. The summed E-state index contributed by atoms with van der Waals surface area (Å²) in [5, 5.41) is 0. The molecule has 98 valence electrons. The molecule has 19 heavy (non-hydrogen) atoms. The molecular formula is C14H10F3NO. The lowest BCUT2D eigenvalue weighted by molar-refractivity contribution is -0.107. The van der Waals surface area contributed by atoms with Crippen molar-refractivity contribution in [1.82, 2.24) is 0 Å². The number of hydrogen-bond donors (Lipinski definition) is 0. The van der Waals surface area contributed by atoms with Gasteiger partial charge in [-0.15, -0.1) is 0 Å². The SMILES string of the molecule is O=CN(Cc1ccccc1)c1c(F)cc(F)cc1F. The highest BCUT2D eigenvalue weighted by Crippen LogP contribution is 2.25. The Balaban J connectivity index is 2.35. The van der Waals surface area contributed by atoms with Crippen LogP contribution in [-0.4, -0.2) is 6.41 Å². The van der Waals surface area contributed by atoms with Gasteiger partial charge in [0.2, 0.25) is 6.41 Å². The van der Waals surface area contributed by atoms with E-state index in [1.165, 1.54) is 0 Å². The standard InChI is InChI=1S/C14H10F3NO/c15-11-6-12(16)14(13(17)7-11)18(9-19)8-10-4-2-1-3-5-10/h1-7,9H,8H2. The van der Waals surface area contributed by atoms with Crippen LogP contribution in [0.4, 0.5) is 18.9 Å². The van der Waals surface area contributed by atoms with E-state index in [9.17, 15) is 18.0 Å². The monoisotopic (exact) mass is 265 g/mol. The minimum atomic E-state index is -1.11. The fraction of sp³-hybridized carbons (Fsp3) is 0.0714. The maximum absolute atomic E-state index is 13.6. The van der Waals surface area contributed by atoms with Crippen molar-refractivity contribution in [3.8, 4) is 0 Å². The summed E-state index contributed by atoms with van der Waals surface area (Å²) in [5.74, 6) is -3.25. The van der Waals surface area contributed by atoms with Crippen LogP contribution in [0.25, 0.3) is 0 Å². The van der Waals surface area contributed by atoms with Crippen molar-refractivity contribution in [1.29, 1.82) is 0 Å². The summed E-state index contributed by atoms with van der Waals surface area (Å²) >= 11 is 0. The third-order valence-electron chi connectivity index (χ3n) is 2.59. The molecule has 0 saturated carbocycles. The van der Waals surface area contributed by atoms with Crippen LogP contribution >= 0.6 is 0 Å². The van der Waals surface area contributed by atoms with Crippen LogP contribution in [0.15, 0.2) is 42.5 Å². The molecule has 2 nitrogen and oxygen atoms in total. The molecule has 1 amide bonds. The topological polar surface area (TPSA) is 20.3 Å². The number of halogens is 3. The molecule has 0 atom stereocenters. The van der Waals surface area contributed by atoms with E-state index in [1.807, 2.05) is 0 Å². The highest BCUT2D eigenvalue weighted by molar-refractivity contribution is 5.75. The van der Waals surface area contributed by atoms with Gasteiger partial charge in [-0.25, -0.2) is 13.2 Å². The number of amides is 1. The van der Waals surface area contributed by atoms with Gasteiger partial charge in [0.25, 0.3) is 0 Å². The normalized spacial score (nSPS) is 10.3. The number of benzene rings is 2. The van der Waals surface area contributed by atoms with Crippen molar-refractivity contribution in [2.45, 2.75) is 6.54 Å². The van der Waals surface area contributed by atoms with Gasteiger partial charge in [0, 0.05) is 12.1 Å². The molecule has 0 saturated heterocycles. The first-order valence-electron chi connectivity index (χ1n) is 5.52. The van der Waals surface area contributed by atoms with E-state index in [2.05, 4.69) is 0 Å². The molecule has 0 aromatic heterocycles. The number of hydrogen-bond acceptors (Lipinski definition) is 1. The van der Waals surface area contributed by atoms with Crippen molar-refractivity contribution in [3.63, 3.8) is 0 Å². The number of rotatable bonds is 4. The van der Waals surface area contributed by atoms with Gasteiger partial charge in [-0.2, -0.15) is 0 Å². The molecule has 2 aromatic rings. The van der Waals surface area contributed by atoms with Gasteiger partial charge in [-0.1, -0.05) is 30.3 Å². The molecule has 0 aliphatic heterocycles. The number of carbonyl (C=O) groups excluding carboxylic acids is 1. The minimum absolute atomic E-state index is 0.00378. The second kappa shape index (κ2) is 5.56. The zero-order chi connectivity index (χ0) is 13.8. The van der Waals surface area contributed by atoms with E-state index in [4.69, 9.17) is 0 Å². The summed E-state index contributed by atoms with van der Waals surface area (Å²) in [5.41, 5.74) is 0.151. The zero-order valence-corrected chi connectivity index (χ0v) is 9.82. The third-order valence-corrected chi connectivity index (χ3v) is 2.59. The molecule has 0 fully saturated rings. The summed E-state index contributed by atoms with van der Waals surface area (Å²) in [4.78, 5) is 11.9. The van der Waals surface area contributed by atoms with E-state index >= 15 is 0 Å². The van der Waals surface area contributed by atoms with Gasteiger partial charge >= 0.3 is 0 Å². The average molecular weight is 265 g/mol. The highest BCUT2D eigenvalue weighted by Gasteiger charge is 2.18. The Labute approximate surface area is 108 Å². The van der Waals surface area contributed by atoms with E-state index < -0.39 is 23.1 Å². The molecule has 2 aromatic carbocycles. The van der Waals surface area contributed by atoms with Crippen molar-refractivity contribution in [2.75, 3.05) is 4.90 Å². The first kappa shape index (κ1) is 13.1. The van der Waals surface area contributed by atoms with Gasteiger partial charge in [0.1, 0.15) is 11.5 Å². The molecule has 0 spiro atoms. The fourth-order valence-corrected chi connectivity index (χ4v) is 1.76. The Bertz CT molecular complexity index is 563. The van der Waals surface area contributed by atoms with Crippen LogP contribution in [0.2, 0.25) is 0 Å². The molecule has 0 aliphatic carbocycles. The zero-order valence-electron chi connectivity index (χ0n) is 9.82. The quantitative estimate of drug-likeness (QED) is 0.777. The fourth-order valence-electron chi connectivity index (χ4n) is 1.76. The van der Waals surface area contributed by atoms with Crippen molar-refractivity contribution in [3.05, 3.63) is 65.5 Å². The van der Waals surface area contributed by atoms with Crippen molar-refractivity contribution >= 4 is 12.1 Å². The number of anilines is 1. The molecule has 0 N–H and O–H groups in total. The average Bonchev–Trinajstić information content (AvgIpc) is 2.37. The lowest BCUT2D eigenvalue weighted by Gasteiger charge is -2.19. The van der Waals surface area contributed by atoms with Gasteiger partial charge < -0.3 is 4.90 Å². The molecule has 0 aliphatic rings. The van der Waals surface area contributed by atoms with Crippen LogP contribution in [-0.2, 0) is 11.3 Å². The second-order valence-electron chi connectivity index (χ2n) is 3.94. The van der Waals surface area contributed by atoms with Crippen LogP contribution < -0.4 is 4.90 Å². The van der Waals surface area contributed by atoms with E-state index in [0.29, 0.717) is 24.1 Å². The number of nitrogens with zero attached hydrogens (tertiary/aromatic N) is 1. The molecule has 0 heterocycles. The lowest BCUT2D eigenvalue weighted by atomic mass is 10.2. The summed E-state index contributed by atoms with van der Waals surface area (Å²) in [6, 6.07) is 9.80. The molecule has 5 heteroatoms. The maximum atomic E-state index is 13.6. The molecule has 2 rings (SSSR count). The van der Waals surface area contributed by atoms with Gasteiger partial charge in [-0.3, -0.25) is 4.79 Å². The summed E-state index contributed by atoms with van der Waals surface area (Å²) in [6.07, 6.45) is 0.312. The Morgan fingerprint density at radius 1 is 1.00 bits per heavy atom. The van der Waals surface area contributed by atoms with Crippen LogP contribution in [0.3, 0.4) is 0 Å².